The number of hydrogen-bond donors (Lipinski definition) is 2. The molecule has 3 aromatic rings. The molecule has 0 bridgehead atoms. The van der Waals surface area contributed by atoms with Gasteiger partial charge in [0.2, 0.25) is 17.8 Å². The minimum absolute atomic E-state index is 0.114. The molecule has 0 unspecified atom stereocenters. The Balaban J connectivity index is 1.32. The van der Waals surface area contributed by atoms with E-state index in [0.29, 0.717) is 11.6 Å². The van der Waals surface area contributed by atoms with E-state index >= 15 is 0 Å². The molecule has 1 aromatic carbocycles. The molecule has 5 rings (SSSR count). The highest BCUT2D eigenvalue weighted by atomic mass is 32.1. The number of fused-ring (bicyclic) bond motifs is 3. The van der Waals surface area contributed by atoms with Gasteiger partial charge in [-0.25, -0.2) is 15.0 Å². The number of amides is 2. The maximum Gasteiger partial charge on any atom is 0.227 e. The van der Waals surface area contributed by atoms with Crippen molar-refractivity contribution in [2.45, 2.75) is 33.2 Å². The van der Waals surface area contributed by atoms with Gasteiger partial charge in [0.15, 0.2) is 0 Å². The first-order valence-corrected chi connectivity index (χ1v) is 12.2. The number of benzene rings is 1. The molecule has 1 fully saturated rings. The molecule has 2 N–H and O–H groups in total. The number of hydrogen-bond acceptors (Lipinski definition) is 8. The maximum atomic E-state index is 11.6. The monoisotopic (exact) mass is 477 g/mol. The third kappa shape index (κ3) is 4.92. The zero-order chi connectivity index (χ0) is 23.7. The Morgan fingerprint density at radius 2 is 1.85 bits per heavy atom. The summed E-state index contributed by atoms with van der Waals surface area (Å²) >= 11 is 1.70. The molecule has 9 nitrogen and oxygen atoms in total. The van der Waals surface area contributed by atoms with Gasteiger partial charge in [0.05, 0.1) is 22.8 Å². The van der Waals surface area contributed by atoms with Gasteiger partial charge in [-0.3, -0.25) is 14.5 Å². The SMILES string of the molecule is CC(=O)Nc1cccc(Nc2ncc3c(n2)-c2sc(CN4CCN(C(C)=O)CC4)nc2CC3)c1. The lowest BCUT2D eigenvalue weighted by molar-refractivity contribution is -0.130. The van der Waals surface area contributed by atoms with E-state index in [1.807, 2.05) is 35.4 Å². The molecule has 1 saturated heterocycles. The number of thiazole rings is 1. The first-order valence-electron chi connectivity index (χ1n) is 11.4. The van der Waals surface area contributed by atoms with Crippen molar-refractivity contribution in [2.75, 3.05) is 36.8 Å². The number of carbonyl (C=O) groups is 2. The van der Waals surface area contributed by atoms with Crippen LogP contribution in [0.5, 0.6) is 0 Å². The van der Waals surface area contributed by atoms with Gasteiger partial charge in [0.25, 0.3) is 0 Å². The lowest BCUT2D eigenvalue weighted by Gasteiger charge is -2.33. The van der Waals surface area contributed by atoms with Crippen LogP contribution in [-0.2, 0) is 29.0 Å². The van der Waals surface area contributed by atoms with Crippen LogP contribution in [0.4, 0.5) is 17.3 Å². The van der Waals surface area contributed by atoms with E-state index in [1.54, 1.807) is 18.3 Å². The molecule has 0 radical (unpaired) electrons. The summed E-state index contributed by atoms with van der Waals surface area (Å²) in [6, 6.07) is 7.48. The molecule has 1 aliphatic carbocycles. The van der Waals surface area contributed by atoms with Crippen LogP contribution in [-0.4, -0.2) is 62.7 Å². The second kappa shape index (κ2) is 9.47. The Morgan fingerprint density at radius 1 is 1.06 bits per heavy atom. The standard InChI is InChI=1S/C24H27N7O2S/c1-15(32)26-18-4-3-5-19(12-18)27-24-25-13-17-6-7-20-23(22(17)29-24)34-21(28-20)14-30-8-10-31(11-9-30)16(2)33/h3-5,12-13H,6-11,14H2,1-2H3,(H,26,32)(H,25,27,29). The van der Waals surface area contributed by atoms with Gasteiger partial charge < -0.3 is 15.5 Å². The number of rotatable bonds is 5. The second-order valence-electron chi connectivity index (χ2n) is 8.62. The molecule has 10 heteroatoms. The third-order valence-electron chi connectivity index (χ3n) is 6.07. The number of aryl methyl sites for hydroxylation is 2. The minimum atomic E-state index is -0.114. The van der Waals surface area contributed by atoms with Crippen molar-refractivity contribution >= 4 is 40.5 Å². The summed E-state index contributed by atoms with van der Waals surface area (Å²) in [6.07, 6.45) is 3.67. The van der Waals surface area contributed by atoms with Crippen LogP contribution in [0, 0.1) is 0 Å². The molecule has 3 heterocycles. The topological polar surface area (TPSA) is 103 Å². The van der Waals surface area contributed by atoms with Gasteiger partial charge in [-0.2, -0.15) is 0 Å². The maximum absolute atomic E-state index is 11.6. The van der Waals surface area contributed by atoms with Crippen molar-refractivity contribution in [1.82, 2.24) is 24.8 Å². The smallest absolute Gasteiger partial charge is 0.227 e. The minimum Gasteiger partial charge on any atom is -0.340 e. The Bertz CT molecular complexity index is 1230. The van der Waals surface area contributed by atoms with E-state index in [2.05, 4.69) is 20.5 Å². The number of aromatic nitrogens is 3. The van der Waals surface area contributed by atoms with Crippen LogP contribution in [0.25, 0.3) is 10.6 Å². The molecule has 176 valence electrons. The third-order valence-corrected chi connectivity index (χ3v) is 7.16. The van der Waals surface area contributed by atoms with Crippen molar-refractivity contribution in [3.63, 3.8) is 0 Å². The lowest BCUT2D eigenvalue weighted by Crippen LogP contribution is -2.47. The van der Waals surface area contributed by atoms with Crippen LogP contribution < -0.4 is 10.6 Å². The van der Waals surface area contributed by atoms with Crippen LogP contribution in [0.1, 0.15) is 30.1 Å². The van der Waals surface area contributed by atoms with E-state index < -0.39 is 0 Å². The zero-order valence-corrected chi connectivity index (χ0v) is 20.1. The van der Waals surface area contributed by atoms with Crippen LogP contribution >= 0.6 is 11.3 Å². The molecule has 0 saturated carbocycles. The first kappa shape index (κ1) is 22.4. The van der Waals surface area contributed by atoms with Gasteiger partial charge in [-0.15, -0.1) is 11.3 Å². The second-order valence-corrected chi connectivity index (χ2v) is 9.70. The van der Waals surface area contributed by atoms with Crippen molar-refractivity contribution in [3.8, 4) is 10.6 Å². The predicted octanol–water partition coefficient (Wildman–Crippen LogP) is 3.06. The summed E-state index contributed by atoms with van der Waals surface area (Å²) in [6.45, 7) is 7.20. The van der Waals surface area contributed by atoms with Crippen LogP contribution in [0.15, 0.2) is 30.5 Å². The molecule has 2 aliphatic rings. The molecule has 2 amide bonds. The molecular formula is C24H27N7O2S. The fraction of sp³-hybridized carbons (Fsp3) is 0.375. The van der Waals surface area contributed by atoms with E-state index in [4.69, 9.17) is 9.97 Å². The van der Waals surface area contributed by atoms with Crippen LogP contribution in [0.3, 0.4) is 0 Å². The average Bonchev–Trinajstić information content (AvgIpc) is 3.22. The fourth-order valence-corrected chi connectivity index (χ4v) is 5.52. The van der Waals surface area contributed by atoms with Gasteiger partial charge in [0.1, 0.15) is 5.01 Å². The van der Waals surface area contributed by atoms with Gasteiger partial charge in [-0.1, -0.05) is 6.07 Å². The zero-order valence-electron chi connectivity index (χ0n) is 19.3. The first-order chi connectivity index (χ1) is 16.4. The highest BCUT2D eigenvalue weighted by molar-refractivity contribution is 7.15. The predicted molar refractivity (Wildman–Crippen MR) is 132 cm³/mol. The molecule has 0 spiro atoms. The lowest BCUT2D eigenvalue weighted by atomic mass is 10.00. The van der Waals surface area contributed by atoms with E-state index in [1.165, 1.54) is 6.92 Å². The summed E-state index contributed by atoms with van der Waals surface area (Å²) in [4.78, 5) is 42.6. The molecule has 34 heavy (non-hydrogen) atoms. The van der Waals surface area contributed by atoms with Crippen molar-refractivity contribution in [1.29, 1.82) is 0 Å². The van der Waals surface area contributed by atoms with Crippen molar-refractivity contribution in [3.05, 3.63) is 46.7 Å². The Hall–Kier alpha value is -3.37. The van der Waals surface area contributed by atoms with Gasteiger partial charge in [-0.05, 0) is 36.6 Å². The number of anilines is 3. The Morgan fingerprint density at radius 3 is 2.62 bits per heavy atom. The summed E-state index contributed by atoms with van der Waals surface area (Å²) in [5.74, 6) is 0.547. The number of piperazine rings is 1. The number of nitrogens with one attached hydrogen (secondary N) is 2. The molecular weight excluding hydrogens is 450 g/mol. The van der Waals surface area contributed by atoms with E-state index in [9.17, 15) is 9.59 Å². The van der Waals surface area contributed by atoms with E-state index in [0.717, 1.165) is 78.1 Å². The summed E-state index contributed by atoms with van der Waals surface area (Å²) in [7, 11) is 0. The molecule has 1 aliphatic heterocycles. The largest absolute Gasteiger partial charge is 0.340 e. The van der Waals surface area contributed by atoms with Gasteiger partial charge >= 0.3 is 0 Å². The Kier molecular flexibility index (Phi) is 6.25. The number of nitrogens with zero attached hydrogens (tertiary/aromatic N) is 5. The summed E-state index contributed by atoms with van der Waals surface area (Å²) in [5, 5.41) is 7.13. The molecule has 2 aromatic heterocycles. The summed E-state index contributed by atoms with van der Waals surface area (Å²) < 4.78 is 0. The van der Waals surface area contributed by atoms with E-state index in [-0.39, 0.29) is 11.8 Å². The molecule has 0 atom stereocenters. The Labute approximate surface area is 202 Å². The number of carbonyl (C=O) groups excluding carboxylic acids is 2. The highest BCUT2D eigenvalue weighted by Gasteiger charge is 2.25. The normalized spacial score (nSPS) is 15.4. The van der Waals surface area contributed by atoms with Crippen molar-refractivity contribution < 1.29 is 9.59 Å². The quantitative estimate of drug-likeness (QED) is 0.582. The average molecular weight is 478 g/mol. The summed E-state index contributed by atoms with van der Waals surface area (Å²) in [5.41, 5.74) is 4.70. The highest BCUT2D eigenvalue weighted by Crippen LogP contribution is 2.37. The van der Waals surface area contributed by atoms with Gasteiger partial charge in [0, 0.05) is 57.6 Å². The fourth-order valence-electron chi connectivity index (χ4n) is 4.34. The van der Waals surface area contributed by atoms with Crippen LogP contribution in [0.2, 0.25) is 0 Å². The van der Waals surface area contributed by atoms with Crippen molar-refractivity contribution in [2.24, 2.45) is 0 Å².